The Morgan fingerprint density at radius 2 is 2.06 bits per heavy atom. The fourth-order valence-electron chi connectivity index (χ4n) is 2.94. The van der Waals surface area contributed by atoms with Gasteiger partial charge in [0, 0.05) is 18.2 Å². The number of aliphatic hydroxyl groups is 1. The van der Waals surface area contributed by atoms with Crippen LogP contribution in [0.1, 0.15) is 45.3 Å². The Kier molecular flexibility index (Phi) is 3.91. The molecule has 0 radical (unpaired) electrons. The molecule has 2 rings (SSSR count). The SMILES string of the molecule is CC(O)c1cccc(F)c1N1CCCC1C(C)C. The van der Waals surface area contributed by atoms with Crippen molar-refractivity contribution in [3.05, 3.63) is 29.6 Å². The summed E-state index contributed by atoms with van der Waals surface area (Å²) in [4.78, 5) is 2.14. The van der Waals surface area contributed by atoms with Gasteiger partial charge in [0.1, 0.15) is 5.82 Å². The van der Waals surface area contributed by atoms with Crippen molar-refractivity contribution in [1.82, 2.24) is 0 Å². The number of nitrogens with zero attached hydrogens (tertiary/aromatic N) is 1. The monoisotopic (exact) mass is 251 g/mol. The predicted molar refractivity (Wildman–Crippen MR) is 72.2 cm³/mol. The van der Waals surface area contributed by atoms with E-state index in [1.54, 1.807) is 13.0 Å². The molecular formula is C15H22FNO. The lowest BCUT2D eigenvalue weighted by molar-refractivity contribution is 0.199. The highest BCUT2D eigenvalue weighted by Crippen LogP contribution is 2.36. The van der Waals surface area contributed by atoms with Crippen molar-refractivity contribution in [1.29, 1.82) is 0 Å². The largest absolute Gasteiger partial charge is 0.389 e. The maximum Gasteiger partial charge on any atom is 0.146 e. The summed E-state index contributed by atoms with van der Waals surface area (Å²) in [5.74, 6) is 0.273. The second-order valence-electron chi connectivity index (χ2n) is 5.50. The van der Waals surface area contributed by atoms with Crippen LogP contribution in [-0.4, -0.2) is 17.7 Å². The van der Waals surface area contributed by atoms with Gasteiger partial charge in [0.15, 0.2) is 0 Å². The van der Waals surface area contributed by atoms with Crippen LogP contribution in [0.5, 0.6) is 0 Å². The molecule has 0 aliphatic carbocycles. The van der Waals surface area contributed by atoms with Crippen molar-refractivity contribution < 1.29 is 9.50 Å². The fraction of sp³-hybridized carbons (Fsp3) is 0.600. The van der Waals surface area contributed by atoms with Gasteiger partial charge in [-0.3, -0.25) is 0 Å². The average Bonchev–Trinajstić information content (AvgIpc) is 2.77. The Balaban J connectivity index is 2.43. The molecule has 1 N–H and O–H groups in total. The van der Waals surface area contributed by atoms with E-state index in [4.69, 9.17) is 0 Å². The standard InChI is InChI=1S/C15H22FNO/c1-10(2)14-8-5-9-17(14)15-12(11(3)18)6-4-7-13(15)16/h4,6-7,10-11,14,18H,5,8-9H2,1-3H3. The van der Waals surface area contributed by atoms with E-state index >= 15 is 0 Å². The third-order valence-electron chi connectivity index (χ3n) is 3.82. The Labute approximate surface area is 108 Å². The second kappa shape index (κ2) is 5.27. The number of hydrogen-bond acceptors (Lipinski definition) is 2. The molecule has 3 heteroatoms. The van der Waals surface area contributed by atoms with Gasteiger partial charge in [-0.15, -0.1) is 0 Å². The van der Waals surface area contributed by atoms with E-state index in [0.717, 1.165) is 19.4 Å². The van der Waals surface area contributed by atoms with Crippen LogP contribution in [0.3, 0.4) is 0 Å². The molecule has 2 unspecified atom stereocenters. The number of rotatable bonds is 3. The number of aliphatic hydroxyl groups excluding tert-OH is 1. The minimum atomic E-state index is -0.635. The molecule has 1 aliphatic heterocycles. The fourth-order valence-corrected chi connectivity index (χ4v) is 2.94. The van der Waals surface area contributed by atoms with E-state index in [2.05, 4.69) is 18.7 Å². The van der Waals surface area contributed by atoms with Gasteiger partial charge in [0.05, 0.1) is 11.8 Å². The first-order chi connectivity index (χ1) is 8.52. The van der Waals surface area contributed by atoms with Gasteiger partial charge in [-0.2, -0.15) is 0 Å². The minimum Gasteiger partial charge on any atom is -0.389 e. The highest BCUT2D eigenvalue weighted by atomic mass is 19.1. The Morgan fingerprint density at radius 3 is 2.67 bits per heavy atom. The lowest BCUT2D eigenvalue weighted by Gasteiger charge is -2.32. The van der Waals surface area contributed by atoms with E-state index in [1.165, 1.54) is 6.07 Å². The van der Waals surface area contributed by atoms with Gasteiger partial charge in [-0.25, -0.2) is 4.39 Å². The molecule has 0 amide bonds. The third kappa shape index (κ3) is 2.37. The summed E-state index contributed by atoms with van der Waals surface area (Å²) in [6.07, 6.45) is 1.56. The van der Waals surface area contributed by atoms with Crippen LogP contribution in [0.25, 0.3) is 0 Å². The summed E-state index contributed by atoms with van der Waals surface area (Å²) < 4.78 is 14.1. The number of anilines is 1. The molecule has 2 atom stereocenters. The minimum absolute atomic E-state index is 0.221. The van der Waals surface area contributed by atoms with Crippen molar-refractivity contribution in [3.63, 3.8) is 0 Å². The lowest BCUT2D eigenvalue weighted by atomic mass is 9.99. The highest BCUT2D eigenvalue weighted by molar-refractivity contribution is 5.57. The molecule has 0 saturated carbocycles. The van der Waals surface area contributed by atoms with Crippen LogP contribution >= 0.6 is 0 Å². The zero-order chi connectivity index (χ0) is 13.3. The van der Waals surface area contributed by atoms with Gasteiger partial charge in [-0.05, 0) is 31.7 Å². The van der Waals surface area contributed by atoms with E-state index in [0.29, 0.717) is 23.2 Å². The van der Waals surface area contributed by atoms with Crippen LogP contribution in [0, 0.1) is 11.7 Å². The van der Waals surface area contributed by atoms with Gasteiger partial charge in [0.2, 0.25) is 0 Å². The van der Waals surface area contributed by atoms with Crippen molar-refractivity contribution in [3.8, 4) is 0 Å². The first kappa shape index (κ1) is 13.3. The second-order valence-corrected chi connectivity index (χ2v) is 5.50. The molecule has 1 aliphatic rings. The molecule has 1 aromatic rings. The van der Waals surface area contributed by atoms with E-state index in [1.807, 2.05) is 6.07 Å². The van der Waals surface area contributed by atoms with Gasteiger partial charge >= 0.3 is 0 Å². The molecule has 0 bridgehead atoms. The van der Waals surface area contributed by atoms with Crippen molar-refractivity contribution in [2.75, 3.05) is 11.4 Å². The molecule has 0 spiro atoms. The molecule has 2 nitrogen and oxygen atoms in total. The molecule has 18 heavy (non-hydrogen) atoms. The molecule has 1 heterocycles. The van der Waals surface area contributed by atoms with Crippen LogP contribution in [-0.2, 0) is 0 Å². The van der Waals surface area contributed by atoms with Crippen LogP contribution in [0.15, 0.2) is 18.2 Å². The molecule has 1 fully saturated rings. The van der Waals surface area contributed by atoms with Gasteiger partial charge in [-0.1, -0.05) is 26.0 Å². The summed E-state index contributed by atoms with van der Waals surface area (Å²) in [5, 5.41) is 9.82. The van der Waals surface area contributed by atoms with E-state index in [-0.39, 0.29) is 5.82 Å². The topological polar surface area (TPSA) is 23.5 Å². The van der Waals surface area contributed by atoms with Crippen molar-refractivity contribution in [2.45, 2.75) is 45.8 Å². The highest BCUT2D eigenvalue weighted by Gasteiger charge is 2.31. The summed E-state index contributed by atoms with van der Waals surface area (Å²) in [6.45, 7) is 6.92. The summed E-state index contributed by atoms with van der Waals surface area (Å²) >= 11 is 0. The zero-order valence-electron chi connectivity index (χ0n) is 11.4. The number of hydrogen-bond donors (Lipinski definition) is 1. The Hall–Kier alpha value is -1.09. The summed E-state index contributed by atoms with van der Waals surface area (Å²) in [7, 11) is 0. The molecule has 1 saturated heterocycles. The molecular weight excluding hydrogens is 229 g/mol. The van der Waals surface area contributed by atoms with E-state index < -0.39 is 6.10 Å². The average molecular weight is 251 g/mol. The Bertz CT molecular complexity index is 417. The lowest BCUT2D eigenvalue weighted by Crippen LogP contribution is -2.34. The van der Waals surface area contributed by atoms with Gasteiger partial charge < -0.3 is 10.0 Å². The molecule has 1 aromatic carbocycles. The summed E-state index contributed by atoms with van der Waals surface area (Å²) in [5.41, 5.74) is 1.30. The van der Waals surface area contributed by atoms with Gasteiger partial charge in [0.25, 0.3) is 0 Å². The van der Waals surface area contributed by atoms with Crippen LogP contribution < -0.4 is 4.90 Å². The molecule has 0 aromatic heterocycles. The Morgan fingerprint density at radius 1 is 1.33 bits per heavy atom. The third-order valence-corrected chi connectivity index (χ3v) is 3.82. The molecule has 100 valence electrons. The first-order valence-corrected chi connectivity index (χ1v) is 6.75. The normalized spacial score (nSPS) is 21.7. The zero-order valence-corrected chi connectivity index (χ0v) is 11.4. The number of para-hydroxylation sites is 1. The maximum atomic E-state index is 14.1. The summed E-state index contributed by atoms with van der Waals surface area (Å²) in [6, 6.07) is 5.34. The van der Waals surface area contributed by atoms with Crippen molar-refractivity contribution in [2.24, 2.45) is 5.92 Å². The smallest absolute Gasteiger partial charge is 0.146 e. The van der Waals surface area contributed by atoms with E-state index in [9.17, 15) is 9.50 Å². The van der Waals surface area contributed by atoms with Crippen molar-refractivity contribution >= 4 is 5.69 Å². The maximum absolute atomic E-state index is 14.1. The first-order valence-electron chi connectivity index (χ1n) is 6.75. The predicted octanol–water partition coefficient (Wildman–Crippen LogP) is 3.50. The number of benzene rings is 1. The quantitative estimate of drug-likeness (QED) is 0.888. The van der Waals surface area contributed by atoms with Crippen LogP contribution in [0.2, 0.25) is 0 Å². The van der Waals surface area contributed by atoms with Crippen LogP contribution in [0.4, 0.5) is 10.1 Å². The number of halogens is 1.